The molecule has 0 saturated carbocycles. The first-order valence-electron chi connectivity index (χ1n) is 7.67. The smallest absolute Gasteiger partial charge is 0.338 e. The van der Waals surface area contributed by atoms with Crippen LogP contribution in [-0.2, 0) is 14.3 Å². The second-order valence-corrected chi connectivity index (χ2v) is 6.06. The maximum Gasteiger partial charge on any atom is 0.338 e. The third-order valence-electron chi connectivity index (χ3n) is 4.96. The van der Waals surface area contributed by atoms with Crippen molar-refractivity contribution in [3.63, 3.8) is 0 Å². The molecule has 4 atom stereocenters. The van der Waals surface area contributed by atoms with Gasteiger partial charge in [0, 0.05) is 18.5 Å². The van der Waals surface area contributed by atoms with Gasteiger partial charge in [0.1, 0.15) is 12.0 Å². The van der Waals surface area contributed by atoms with E-state index < -0.39 is 12.0 Å². The highest BCUT2D eigenvalue weighted by molar-refractivity contribution is 5.89. The fraction of sp³-hybridized carbons (Fsp3) is 0.529. The number of fused-ring (bicyclic) bond motifs is 2. The van der Waals surface area contributed by atoms with Crippen LogP contribution in [-0.4, -0.2) is 49.2 Å². The van der Waals surface area contributed by atoms with Crippen molar-refractivity contribution in [2.24, 2.45) is 5.92 Å². The van der Waals surface area contributed by atoms with E-state index in [9.17, 15) is 9.59 Å². The maximum atomic E-state index is 12.3. The van der Waals surface area contributed by atoms with E-state index >= 15 is 0 Å². The highest BCUT2D eigenvalue weighted by atomic mass is 16.6. The van der Waals surface area contributed by atoms with Crippen LogP contribution in [0.1, 0.15) is 29.6 Å². The molecule has 118 valence electrons. The molecule has 0 amide bonds. The molecule has 2 heterocycles. The monoisotopic (exact) mass is 303 g/mol. The minimum absolute atomic E-state index is 0.0970. The molecular weight excluding hydrogens is 282 g/mol. The first kappa shape index (κ1) is 15.0. The Morgan fingerprint density at radius 3 is 2.59 bits per heavy atom. The van der Waals surface area contributed by atoms with Gasteiger partial charge in [0.05, 0.1) is 12.7 Å². The summed E-state index contributed by atoms with van der Waals surface area (Å²) in [6.45, 7) is 0. The lowest BCUT2D eigenvalue weighted by Crippen LogP contribution is -2.53. The summed E-state index contributed by atoms with van der Waals surface area (Å²) < 4.78 is 10.6. The fourth-order valence-corrected chi connectivity index (χ4v) is 3.77. The van der Waals surface area contributed by atoms with Gasteiger partial charge in [-0.1, -0.05) is 18.2 Å². The summed E-state index contributed by atoms with van der Waals surface area (Å²) in [4.78, 5) is 26.7. The van der Waals surface area contributed by atoms with Crippen molar-refractivity contribution in [3.8, 4) is 0 Å². The number of ether oxygens (including phenoxy) is 2. The maximum absolute atomic E-state index is 12.3. The highest BCUT2D eigenvalue weighted by Crippen LogP contribution is 2.40. The number of hydrogen-bond acceptors (Lipinski definition) is 5. The third kappa shape index (κ3) is 2.61. The molecule has 22 heavy (non-hydrogen) atoms. The Kier molecular flexibility index (Phi) is 4.16. The van der Waals surface area contributed by atoms with Crippen LogP contribution in [0, 0.1) is 5.92 Å². The average molecular weight is 303 g/mol. The molecular formula is C17H21NO4. The van der Waals surface area contributed by atoms with E-state index in [4.69, 9.17) is 9.47 Å². The van der Waals surface area contributed by atoms with Crippen molar-refractivity contribution in [1.29, 1.82) is 0 Å². The van der Waals surface area contributed by atoms with E-state index in [0.717, 1.165) is 12.8 Å². The average Bonchev–Trinajstić information content (AvgIpc) is 2.78. The zero-order valence-corrected chi connectivity index (χ0v) is 12.9. The number of hydrogen-bond donors (Lipinski definition) is 0. The molecule has 0 aromatic heterocycles. The van der Waals surface area contributed by atoms with Crippen LogP contribution in [0.25, 0.3) is 0 Å². The molecule has 2 fully saturated rings. The molecule has 1 aromatic rings. The van der Waals surface area contributed by atoms with Crippen molar-refractivity contribution in [2.75, 3.05) is 14.2 Å². The largest absolute Gasteiger partial charge is 0.469 e. The molecule has 2 bridgehead atoms. The van der Waals surface area contributed by atoms with Gasteiger partial charge in [-0.05, 0) is 32.0 Å². The van der Waals surface area contributed by atoms with Crippen LogP contribution in [0.2, 0.25) is 0 Å². The Balaban J connectivity index is 1.79. The number of esters is 2. The molecule has 0 radical (unpaired) electrons. The molecule has 5 heteroatoms. The third-order valence-corrected chi connectivity index (χ3v) is 4.96. The highest BCUT2D eigenvalue weighted by Gasteiger charge is 2.50. The van der Waals surface area contributed by atoms with E-state index in [1.54, 1.807) is 24.3 Å². The van der Waals surface area contributed by atoms with Crippen LogP contribution in [0.15, 0.2) is 30.3 Å². The second-order valence-electron chi connectivity index (χ2n) is 6.06. The summed E-state index contributed by atoms with van der Waals surface area (Å²) in [6, 6.07) is 9.36. The lowest BCUT2D eigenvalue weighted by molar-refractivity contribution is -0.156. The summed E-state index contributed by atoms with van der Waals surface area (Å²) in [6.07, 6.45) is 2.26. The number of methoxy groups -OCH3 is 1. The van der Waals surface area contributed by atoms with Gasteiger partial charge in [-0.2, -0.15) is 0 Å². The van der Waals surface area contributed by atoms with E-state index in [1.165, 1.54) is 7.11 Å². The zero-order chi connectivity index (χ0) is 15.7. The van der Waals surface area contributed by atoms with Crippen molar-refractivity contribution >= 4 is 11.9 Å². The topological polar surface area (TPSA) is 55.8 Å². The van der Waals surface area contributed by atoms with E-state index in [0.29, 0.717) is 18.0 Å². The lowest BCUT2D eigenvalue weighted by atomic mass is 9.87. The molecule has 1 aromatic carbocycles. The van der Waals surface area contributed by atoms with Gasteiger partial charge >= 0.3 is 11.9 Å². The second kappa shape index (κ2) is 6.08. The molecule has 2 aliphatic rings. The van der Waals surface area contributed by atoms with Crippen LogP contribution in [0.3, 0.4) is 0 Å². The molecule has 2 aliphatic heterocycles. The summed E-state index contributed by atoms with van der Waals surface area (Å²) in [5.74, 6) is -1.06. The van der Waals surface area contributed by atoms with Crippen LogP contribution >= 0.6 is 0 Å². The normalized spacial score (nSPS) is 30.8. The van der Waals surface area contributed by atoms with Crippen molar-refractivity contribution < 1.29 is 19.1 Å². The molecule has 3 rings (SSSR count). The number of carbonyl (C=O) groups excluding carboxylic acids is 2. The van der Waals surface area contributed by atoms with Crippen molar-refractivity contribution in [1.82, 2.24) is 4.90 Å². The van der Waals surface area contributed by atoms with Gasteiger partial charge in [-0.3, -0.25) is 9.69 Å². The lowest BCUT2D eigenvalue weighted by Gasteiger charge is -2.40. The Hall–Kier alpha value is -1.88. The molecule has 3 unspecified atom stereocenters. The predicted molar refractivity (Wildman–Crippen MR) is 80.3 cm³/mol. The number of rotatable bonds is 3. The zero-order valence-electron chi connectivity index (χ0n) is 12.9. The number of carbonyl (C=O) groups is 2. The Morgan fingerprint density at radius 1 is 1.18 bits per heavy atom. The Morgan fingerprint density at radius 2 is 1.91 bits per heavy atom. The van der Waals surface area contributed by atoms with Crippen molar-refractivity contribution in [2.45, 2.75) is 37.5 Å². The molecule has 5 nitrogen and oxygen atoms in total. The number of piperidine rings is 1. The minimum Gasteiger partial charge on any atom is -0.469 e. The van der Waals surface area contributed by atoms with Gasteiger partial charge in [-0.25, -0.2) is 4.79 Å². The van der Waals surface area contributed by atoms with Gasteiger partial charge < -0.3 is 9.47 Å². The van der Waals surface area contributed by atoms with Crippen LogP contribution < -0.4 is 0 Å². The standard InChI is InChI=1S/C17H21NO4/c1-18-12-8-9-13(18)15(17(20)21-2)14(10-12)22-16(19)11-6-4-3-5-7-11/h3-7,12-15H,8-10H2,1-2H3/t12?,13-,14?,15?/m0/s1. The molecule has 2 saturated heterocycles. The van der Waals surface area contributed by atoms with Crippen LogP contribution in [0.4, 0.5) is 0 Å². The number of nitrogens with zero attached hydrogens (tertiary/aromatic N) is 1. The van der Waals surface area contributed by atoms with E-state index in [-0.39, 0.29) is 18.0 Å². The Labute approximate surface area is 130 Å². The van der Waals surface area contributed by atoms with Gasteiger partial charge in [0.15, 0.2) is 0 Å². The van der Waals surface area contributed by atoms with Gasteiger partial charge in [0.25, 0.3) is 0 Å². The Bertz CT molecular complexity index is 559. The first-order chi connectivity index (χ1) is 10.6. The molecule has 0 aliphatic carbocycles. The fourth-order valence-electron chi connectivity index (χ4n) is 3.77. The molecule has 0 spiro atoms. The van der Waals surface area contributed by atoms with Crippen molar-refractivity contribution in [3.05, 3.63) is 35.9 Å². The minimum atomic E-state index is -0.408. The number of benzene rings is 1. The van der Waals surface area contributed by atoms with E-state index in [1.807, 2.05) is 13.1 Å². The summed E-state index contributed by atoms with van der Waals surface area (Å²) in [7, 11) is 3.42. The van der Waals surface area contributed by atoms with E-state index in [2.05, 4.69) is 4.90 Å². The predicted octanol–water partition coefficient (Wildman–Crippen LogP) is 1.87. The van der Waals surface area contributed by atoms with Crippen LogP contribution in [0.5, 0.6) is 0 Å². The SMILES string of the molecule is COC(=O)C1C(OC(=O)c2ccccc2)CC2CC[C@@H]1N2C. The summed E-state index contributed by atoms with van der Waals surface area (Å²) in [5.41, 5.74) is 0.511. The summed E-state index contributed by atoms with van der Waals surface area (Å²) in [5, 5.41) is 0. The first-order valence-corrected chi connectivity index (χ1v) is 7.67. The summed E-state index contributed by atoms with van der Waals surface area (Å²) >= 11 is 0. The van der Waals surface area contributed by atoms with Gasteiger partial charge in [-0.15, -0.1) is 0 Å². The van der Waals surface area contributed by atoms with Gasteiger partial charge in [0.2, 0.25) is 0 Å². The molecule has 0 N–H and O–H groups in total. The quantitative estimate of drug-likeness (QED) is 0.798.